The van der Waals surface area contributed by atoms with Crippen molar-refractivity contribution in [3.05, 3.63) is 5.82 Å². The van der Waals surface area contributed by atoms with Gasteiger partial charge < -0.3 is 15.6 Å². The van der Waals surface area contributed by atoms with Crippen molar-refractivity contribution in [1.29, 1.82) is 0 Å². The van der Waals surface area contributed by atoms with Crippen LogP contribution < -0.4 is 11.1 Å². The zero-order valence-electron chi connectivity index (χ0n) is 14.6. The second-order valence-corrected chi connectivity index (χ2v) is 8.02. The van der Waals surface area contributed by atoms with Crippen LogP contribution in [0.4, 0.5) is 0 Å². The number of aromatic nitrogens is 3. The maximum atomic E-state index is 12.1. The van der Waals surface area contributed by atoms with Crippen molar-refractivity contribution in [3.63, 3.8) is 0 Å². The van der Waals surface area contributed by atoms with E-state index in [9.17, 15) is 9.59 Å². The fraction of sp³-hybridized carbons (Fsp3) is 0.765. The van der Waals surface area contributed by atoms with Gasteiger partial charge >= 0.3 is 0 Å². The third kappa shape index (κ3) is 5.45. The van der Waals surface area contributed by atoms with Crippen LogP contribution in [0.15, 0.2) is 5.16 Å². The SMILES string of the molecule is NC(=O)CCn1c(SCC(=O)NCC2CCCCC2)nnc1C1CC1. The van der Waals surface area contributed by atoms with Gasteiger partial charge in [-0.15, -0.1) is 10.2 Å². The molecule has 7 nitrogen and oxygen atoms in total. The molecular formula is C17H27N5O2S. The molecule has 0 saturated heterocycles. The summed E-state index contributed by atoms with van der Waals surface area (Å²) in [6.45, 7) is 1.27. The Balaban J connectivity index is 1.49. The first-order valence-electron chi connectivity index (χ1n) is 9.24. The number of carbonyl (C=O) groups is 2. The summed E-state index contributed by atoms with van der Waals surface area (Å²) in [6.07, 6.45) is 8.82. The number of carbonyl (C=O) groups excluding carboxylic acids is 2. The Labute approximate surface area is 152 Å². The average Bonchev–Trinajstić information content (AvgIpc) is 3.38. The summed E-state index contributed by atoms with van der Waals surface area (Å²) >= 11 is 1.38. The molecule has 2 amide bonds. The third-order valence-electron chi connectivity index (χ3n) is 4.91. The standard InChI is InChI=1S/C17H27N5O2S/c18-14(23)8-9-22-16(13-6-7-13)20-21-17(22)25-11-15(24)19-10-12-4-2-1-3-5-12/h12-13H,1-11H2,(H2,18,23)(H,19,24). The minimum Gasteiger partial charge on any atom is -0.370 e. The fourth-order valence-electron chi connectivity index (χ4n) is 3.31. The van der Waals surface area contributed by atoms with Crippen LogP contribution in [0.3, 0.4) is 0 Å². The van der Waals surface area contributed by atoms with E-state index in [-0.39, 0.29) is 18.2 Å². The van der Waals surface area contributed by atoms with Gasteiger partial charge in [0.05, 0.1) is 5.75 Å². The maximum Gasteiger partial charge on any atom is 0.230 e. The van der Waals surface area contributed by atoms with Crippen LogP contribution >= 0.6 is 11.8 Å². The van der Waals surface area contributed by atoms with Crippen LogP contribution in [0.2, 0.25) is 0 Å². The van der Waals surface area contributed by atoms with Gasteiger partial charge in [0.1, 0.15) is 5.82 Å². The molecule has 2 aliphatic rings. The Morgan fingerprint density at radius 2 is 1.92 bits per heavy atom. The molecule has 0 aromatic carbocycles. The highest BCUT2D eigenvalue weighted by Gasteiger charge is 2.30. The van der Waals surface area contributed by atoms with Gasteiger partial charge in [-0.2, -0.15) is 0 Å². The number of thioether (sulfide) groups is 1. The molecule has 2 aliphatic carbocycles. The van der Waals surface area contributed by atoms with Crippen LogP contribution in [0.5, 0.6) is 0 Å². The van der Waals surface area contributed by atoms with Crippen molar-refractivity contribution in [2.75, 3.05) is 12.3 Å². The van der Waals surface area contributed by atoms with Gasteiger partial charge in [-0.1, -0.05) is 31.0 Å². The highest BCUT2D eigenvalue weighted by molar-refractivity contribution is 7.99. The highest BCUT2D eigenvalue weighted by Crippen LogP contribution is 2.40. The molecule has 8 heteroatoms. The molecule has 0 aliphatic heterocycles. The molecule has 1 aromatic rings. The molecule has 0 bridgehead atoms. The lowest BCUT2D eigenvalue weighted by molar-refractivity contribution is -0.119. The smallest absolute Gasteiger partial charge is 0.230 e. The minimum atomic E-state index is -0.336. The zero-order valence-corrected chi connectivity index (χ0v) is 15.4. The molecule has 1 heterocycles. The van der Waals surface area contributed by atoms with Crippen molar-refractivity contribution >= 4 is 23.6 Å². The molecule has 0 unspecified atom stereocenters. The topological polar surface area (TPSA) is 103 Å². The lowest BCUT2D eigenvalue weighted by Crippen LogP contribution is -2.31. The number of primary amides is 1. The Hall–Kier alpha value is -1.57. The van der Waals surface area contributed by atoms with Crippen molar-refractivity contribution in [2.24, 2.45) is 11.7 Å². The van der Waals surface area contributed by atoms with Crippen LogP contribution in [0.25, 0.3) is 0 Å². The monoisotopic (exact) mass is 365 g/mol. The van der Waals surface area contributed by atoms with Gasteiger partial charge in [0.25, 0.3) is 0 Å². The summed E-state index contributed by atoms with van der Waals surface area (Å²) in [6, 6.07) is 0. The van der Waals surface area contributed by atoms with E-state index >= 15 is 0 Å². The predicted octanol–water partition coefficient (Wildman–Crippen LogP) is 1.82. The van der Waals surface area contributed by atoms with E-state index in [1.807, 2.05) is 4.57 Å². The second kappa shape index (κ2) is 8.69. The molecule has 2 saturated carbocycles. The lowest BCUT2D eigenvalue weighted by atomic mass is 9.89. The molecule has 2 fully saturated rings. The fourth-order valence-corrected chi connectivity index (χ4v) is 4.11. The van der Waals surface area contributed by atoms with Gasteiger partial charge in [0.15, 0.2) is 5.16 Å². The number of hydrogen-bond acceptors (Lipinski definition) is 5. The van der Waals surface area contributed by atoms with Crippen molar-refractivity contribution in [3.8, 4) is 0 Å². The van der Waals surface area contributed by atoms with E-state index in [2.05, 4.69) is 15.5 Å². The predicted molar refractivity (Wildman–Crippen MR) is 96.1 cm³/mol. The number of nitrogens with zero attached hydrogens (tertiary/aromatic N) is 3. The minimum absolute atomic E-state index is 0.0352. The first-order valence-corrected chi connectivity index (χ1v) is 10.2. The van der Waals surface area contributed by atoms with Crippen molar-refractivity contribution in [2.45, 2.75) is 69.0 Å². The molecule has 0 spiro atoms. The average molecular weight is 366 g/mol. The van der Waals surface area contributed by atoms with Crippen LogP contribution in [-0.2, 0) is 16.1 Å². The number of nitrogens with two attached hydrogens (primary N) is 1. The summed E-state index contributed by atoms with van der Waals surface area (Å²) in [5.74, 6) is 2.01. The van der Waals surface area contributed by atoms with E-state index in [1.54, 1.807) is 0 Å². The number of nitrogens with one attached hydrogen (secondary N) is 1. The first kappa shape index (κ1) is 18.2. The highest BCUT2D eigenvalue weighted by atomic mass is 32.2. The van der Waals surface area contributed by atoms with Gasteiger partial charge in [-0.05, 0) is 31.6 Å². The maximum absolute atomic E-state index is 12.1. The molecule has 3 N–H and O–H groups in total. The number of amides is 2. The summed E-state index contributed by atoms with van der Waals surface area (Å²) in [5, 5.41) is 12.2. The van der Waals surface area contributed by atoms with Gasteiger partial charge in [0, 0.05) is 25.4 Å². The summed E-state index contributed by atoms with van der Waals surface area (Å²) in [7, 11) is 0. The van der Waals surface area contributed by atoms with E-state index in [0.717, 1.165) is 25.2 Å². The molecule has 138 valence electrons. The lowest BCUT2D eigenvalue weighted by Gasteiger charge is -2.21. The summed E-state index contributed by atoms with van der Waals surface area (Å²) in [5.41, 5.74) is 5.27. The van der Waals surface area contributed by atoms with Gasteiger partial charge in [-0.3, -0.25) is 9.59 Å². The molecule has 0 radical (unpaired) electrons. The largest absolute Gasteiger partial charge is 0.370 e. The van der Waals surface area contributed by atoms with Crippen LogP contribution in [0, 0.1) is 5.92 Å². The molecule has 25 heavy (non-hydrogen) atoms. The first-order chi connectivity index (χ1) is 12.1. The quantitative estimate of drug-likeness (QED) is 0.650. The van der Waals surface area contributed by atoms with E-state index < -0.39 is 0 Å². The Morgan fingerprint density at radius 1 is 1.16 bits per heavy atom. The van der Waals surface area contributed by atoms with E-state index in [1.165, 1.54) is 43.9 Å². The Morgan fingerprint density at radius 3 is 2.60 bits per heavy atom. The van der Waals surface area contributed by atoms with Crippen molar-refractivity contribution in [1.82, 2.24) is 20.1 Å². The van der Waals surface area contributed by atoms with Gasteiger partial charge in [-0.25, -0.2) is 0 Å². The molecule has 1 aromatic heterocycles. The number of rotatable bonds is 9. The van der Waals surface area contributed by atoms with E-state index in [4.69, 9.17) is 5.73 Å². The zero-order chi connectivity index (χ0) is 17.6. The van der Waals surface area contributed by atoms with E-state index in [0.29, 0.717) is 29.3 Å². The molecule has 0 atom stereocenters. The number of hydrogen-bond donors (Lipinski definition) is 2. The Kier molecular flexibility index (Phi) is 6.34. The summed E-state index contributed by atoms with van der Waals surface area (Å²) < 4.78 is 1.96. The molecule has 3 rings (SSSR count). The van der Waals surface area contributed by atoms with Crippen LogP contribution in [-0.4, -0.2) is 38.9 Å². The van der Waals surface area contributed by atoms with Gasteiger partial charge in [0.2, 0.25) is 11.8 Å². The molecular weight excluding hydrogens is 338 g/mol. The third-order valence-corrected chi connectivity index (χ3v) is 5.88. The van der Waals surface area contributed by atoms with Crippen LogP contribution in [0.1, 0.15) is 63.1 Å². The second-order valence-electron chi connectivity index (χ2n) is 7.08. The Bertz CT molecular complexity index is 608. The summed E-state index contributed by atoms with van der Waals surface area (Å²) in [4.78, 5) is 23.2. The normalized spacial score (nSPS) is 18.2. The van der Waals surface area contributed by atoms with Crippen molar-refractivity contribution < 1.29 is 9.59 Å².